The second kappa shape index (κ2) is 2.61. The predicted octanol–water partition coefficient (Wildman–Crippen LogP) is 0.504. The van der Waals surface area contributed by atoms with E-state index in [9.17, 15) is 4.39 Å². The van der Waals surface area contributed by atoms with Crippen LogP contribution in [0.2, 0.25) is 0 Å². The highest BCUT2D eigenvalue weighted by molar-refractivity contribution is 5.81. The van der Waals surface area contributed by atoms with E-state index in [1.54, 1.807) is 0 Å². The van der Waals surface area contributed by atoms with Gasteiger partial charge in [0.2, 0.25) is 5.95 Å². The van der Waals surface area contributed by atoms with Crippen molar-refractivity contribution in [1.29, 1.82) is 5.41 Å². The second-order valence-corrected chi connectivity index (χ2v) is 2.00. The number of aromatic nitrogens is 2. The Kier molecular flexibility index (Phi) is 1.80. The Morgan fingerprint density at radius 2 is 2.18 bits per heavy atom. The van der Waals surface area contributed by atoms with Gasteiger partial charge in [0.1, 0.15) is 17.2 Å². The van der Waals surface area contributed by atoms with E-state index < -0.39 is 5.95 Å². The highest BCUT2D eigenvalue weighted by atomic mass is 19.1. The van der Waals surface area contributed by atoms with Crippen molar-refractivity contribution < 1.29 is 4.39 Å². The topological polar surface area (TPSA) is 75.7 Å². The van der Waals surface area contributed by atoms with E-state index in [-0.39, 0.29) is 17.2 Å². The zero-order valence-electron chi connectivity index (χ0n) is 5.93. The average molecular weight is 154 g/mol. The first-order valence-electron chi connectivity index (χ1n) is 2.95. The molecular weight excluding hydrogens is 147 g/mol. The molecule has 1 rings (SSSR count). The van der Waals surface area contributed by atoms with Gasteiger partial charge in [-0.3, -0.25) is 0 Å². The number of nitrogen functional groups attached to an aromatic ring is 1. The molecule has 0 bridgehead atoms. The quantitative estimate of drug-likeness (QED) is 0.457. The van der Waals surface area contributed by atoms with E-state index in [4.69, 9.17) is 11.1 Å². The van der Waals surface area contributed by atoms with Gasteiger partial charge in [0, 0.05) is 6.21 Å². The molecule has 0 aliphatic rings. The Hall–Kier alpha value is -1.52. The van der Waals surface area contributed by atoms with Crippen molar-refractivity contribution in [3.63, 3.8) is 0 Å². The van der Waals surface area contributed by atoms with Gasteiger partial charge in [0.05, 0.1) is 0 Å². The molecule has 5 heteroatoms. The molecule has 4 nitrogen and oxygen atoms in total. The van der Waals surface area contributed by atoms with Gasteiger partial charge in [0.15, 0.2) is 0 Å². The summed E-state index contributed by atoms with van der Waals surface area (Å²) < 4.78 is 12.6. The van der Waals surface area contributed by atoms with Crippen LogP contribution < -0.4 is 5.73 Å². The van der Waals surface area contributed by atoms with E-state index in [0.29, 0.717) is 0 Å². The monoisotopic (exact) mass is 154 g/mol. The lowest BCUT2D eigenvalue weighted by Crippen LogP contribution is -2.04. The maximum absolute atomic E-state index is 12.6. The maximum atomic E-state index is 12.6. The molecule has 0 radical (unpaired) electrons. The lowest BCUT2D eigenvalue weighted by molar-refractivity contribution is 0.579. The molecule has 0 saturated carbocycles. The van der Waals surface area contributed by atoms with Crippen LogP contribution in [-0.2, 0) is 0 Å². The van der Waals surface area contributed by atoms with E-state index in [2.05, 4.69) is 9.97 Å². The van der Waals surface area contributed by atoms with Gasteiger partial charge >= 0.3 is 0 Å². The van der Waals surface area contributed by atoms with Crippen LogP contribution in [0.25, 0.3) is 0 Å². The molecule has 3 N–H and O–H groups in total. The number of nitrogens with two attached hydrogens (primary N) is 1. The van der Waals surface area contributed by atoms with Crippen LogP contribution >= 0.6 is 0 Å². The second-order valence-electron chi connectivity index (χ2n) is 2.00. The van der Waals surface area contributed by atoms with Crippen LogP contribution in [0.15, 0.2) is 0 Å². The number of hydrogen-bond acceptors (Lipinski definition) is 4. The molecule has 11 heavy (non-hydrogen) atoms. The molecule has 1 aromatic heterocycles. The Morgan fingerprint density at radius 3 is 2.73 bits per heavy atom. The summed E-state index contributed by atoms with van der Waals surface area (Å²) in [6.45, 7) is 1.54. The van der Waals surface area contributed by atoms with Gasteiger partial charge < -0.3 is 11.1 Å². The highest BCUT2D eigenvalue weighted by Gasteiger charge is 2.06. The smallest absolute Gasteiger partial charge is 0.240 e. The van der Waals surface area contributed by atoms with Crippen molar-refractivity contribution in [1.82, 2.24) is 9.97 Å². The fraction of sp³-hybridized carbons (Fsp3) is 0.167. The largest absolute Gasteiger partial charge is 0.393 e. The number of nitrogens with one attached hydrogen (secondary N) is 1. The molecule has 0 fully saturated rings. The highest BCUT2D eigenvalue weighted by Crippen LogP contribution is 2.09. The summed E-state index contributed by atoms with van der Waals surface area (Å²) in [6.07, 6.45) is 0.896. The first-order valence-corrected chi connectivity index (χ1v) is 2.95. The maximum Gasteiger partial charge on any atom is 0.240 e. The van der Waals surface area contributed by atoms with E-state index in [1.165, 1.54) is 6.92 Å². The van der Waals surface area contributed by atoms with Gasteiger partial charge in [-0.15, -0.1) is 0 Å². The standard InChI is InChI=1S/C6H7FN4/c1-3-10-4(2-8)5(9)6(7)11-3/h2,8H,9H2,1H3. The van der Waals surface area contributed by atoms with Gasteiger partial charge in [0.25, 0.3) is 0 Å². The van der Waals surface area contributed by atoms with E-state index in [1.807, 2.05) is 0 Å². The zero-order chi connectivity index (χ0) is 8.43. The van der Waals surface area contributed by atoms with Crippen molar-refractivity contribution in [3.05, 3.63) is 17.5 Å². The first-order chi connectivity index (χ1) is 5.15. The molecule has 0 unspecified atom stereocenters. The molecule has 1 heterocycles. The fourth-order valence-electron chi connectivity index (χ4n) is 0.678. The van der Waals surface area contributed by atoms with Gasteiger partial charge in [-0.25, -0.2) is 9.97 Å². The minimum Gasteiger partial charge on any atom is -0.393 e. The van der Waals surface area contributed by atoms with Crippen LogP contribution in [-0.4, -0.2) is 16.2 Å². The Labute approximate surface area is 62.8 Å². The summed E-state index contributed by atoms with van der Waals surface area (Å²) in [5, 5.41) is 6.82. The summed E-state index contributed by atoms with van der Waals surface area (Å²) in [4.78, 5) is 7.11. The number of nitrogens with zero attached hydrogens (tertiary/aromatic N) is 2. The van der Waals surface area contributed by atoms with Crippen LogP contribution in [0.5, 0.6) is 0 Å². The third kappa shape index (κ3) is 1.31. The molecule has 0 aliphatic carbocycles. The van der Waals surface area contributed by atoms with Crippen molar-refractivity contribution in [2.75, 3.05) is 5.73 Å². The van der Waals surface area contributed by atoms with Crippen LogP contribution in [0, 0.1) is 18.3 Å². The molecule has 0 atom stereocenters. The lowest BCUT2D eigenvalue weighted by atomic mass is 10.3. The molecule has 0 saturated heterocycles. The Bertz CT molecular complexity index is 297. The number of rotatable bonds is 1. The van der Waals surface area contributed by atoms with Crippen molar-refractivity contribution in [2.45, 2.75) is 6.92 Å². The average Bonchev–Trinajstić information content (AvgIpc) is 1.96. The van der Waals surface area contributed by atoms with Crippen molar-refractivity contribution in [2.24, 2.45) is 0 Å². The molecule has 0 aliphatic heterocycles. The summed E-state index contributed by atoms with van der Waals surface area (Å²) in [5.41, 5.74) is 5.16. The predicted molar refractivity (Wildman–Crippen MR) is 39.0 cm³/mol. The Morgan fingerprint density at radius 1 is 1.55 bits per heavy atom. The van der Waals surface area contributed by atoms with Crippen LogP contribution in [0.3, 0.4) is 0 Å². The summed E-state index contributed by atoms with van der Waals surface area (Å²) >= 11 is 0. The number of hydrogen-bond donors (Lipinski definition) is 2. The van der Waals surface area contributed by atoms with Gasteiger partial charge in [-0.05, 0) is 6.92 Å². The van der Waals surface area contributed by atoms with Gasteiger partial charge in [-0.2, -0.15) is 4.39 Å². The molecule has 0 spiro atoms. The molecule has 1 aromatic rings. The van der Waals surface area contributed by atoms with Gasteiger partial charge in [-0.1, -0.05) is 0 Å². The van der Waals surface area contributed by atoms with Crippen molar-refractivity contribution in [3.8, 4) is 0 Å². The van der Waals surface area contributed by atoms with E-state index >= 15 is 0 Å². The number of halogens is 1. The van der Waals surface area contributed by atoms with E-state index in [0.717, 1.165) is 6.21 Å². The minimum absolute atomic E-state index is 0.120. The third-order valence-corrected chi connectivity index (χ3v) is 1.18. The van der Waals surface area contributed by atoms with Crippen molar-refractivity contribution >= 4 is 11.9 Å². The summed E-state index contributed by atoms with van der Waals surface area (Å²) in [5.74, 6) is -0.494. The molecule has 58 valence electrons. The molecular formula is C6H7FN4. The van der Waals surface area contributed by atoms with Crippen LogP contribution in [0.1, 0.15) is 11.5 Å². The molecule has 0 aromatic carbocycles. The Balaban J connectivity index is 3.35. The van der Waals surface area contributed by atoms with Crippen LogP contribution in [0.4, 0.5) is 10.1 Å². The minimum atomic E-state index is -0.768. The number of aryl methyl sites for hydroxylation is 1. The SMILES string of the molecule is Cc1nc(F)c(N)c(C=N)n1. The first kappa shape index (κ1) is 7.59. The fourth-order valence-corrected chi connectivity index (χ4v) is 0.678. The number of anilines is 1. The normalized spacial score (nSPS) is 9.64. The zero-order valence-corrected chi connectivity index (χ0v) is 5.93. The lowest BCUT2D eigenvalue weighted by Gasteiger charge is -1.99. The summed E-state index contributed by atoms with van der Waals surface area (Å²) in [7, 11) is 0. The third-order valence-electron chi connectivity index (χ3n) is 1.18. The molecule has 0 amide bonds. The summed E-state index contributed by atoms with van der Waals surface area (Å²) in [6, 6.07) is 0.